The molecule has 1 atom stereocenters. The summed E-state index contributed by atoms with van der Waals surface area (Å²) in [6.45, 7) is 2.37. The van der Waals surface area contributed by atoms with Gasteiger partial charge in [-0.2, -0.15) is 0 Å². The lowest BCUT2D eigenvalue weighted by molar-refractivity contribution is 0.0149. The highest BCUT2D eigenvalue weighted by Crippen LogP contribution is 2.43. The maximum atomic E-state index is 5.59. The number of rotatable bonds is 1. The number of hydrogen-bond donors (Lipinski definition) is 1. The summed E-state index contributed by atoms with van der Waals surface area (Å²) in [7, 11) is 1.81. The van der Waals surface area contributed by atoms with E-state index in [4.69, 9.17) is 4.74 Å². The van der Waals surface area contributed by atoms with Crippen molar-refractivity contribution in [2.24, 2.45) is 5.92 Å². The molecule has 1 aliphatic carbocycles. The van der Waals surface area contributed by atoms with Crippen molar-refractivity contribution in [3.05, 3.63) is 35.4 Å². The highest BCUT2D eigenvalue weighted by Gasteiger charge is 2.41. The van der Waals surface area contributed by atoms with Crippen molar-refractivity contribution in [3.8, 4) is 0 Å². The molecule has 2 heteroatoms. The molecule has 0 bridgehead atoms. The Morgan fingerprint density at radius 1 is 1.22 bits per heavy atom. The van der Waals surface area contributed by atoms with Gasteiger partial charge in [0.25, 0.3) is 0 Å². The van der Waals surface area contributed by atoms with E-state index in [0.717, 1.165) is 12.3 Å². The monoisotopic (exact) mass is 245 g/mol. The second-order valence-electron chi connectivity index (χ2n) is 5.99. The van der Waals surface area contributed by atoms with E-state index in [9.17, 15) is 0 Å². The molecule has 0 aromatic heterocycles. The number of nitrogens with one attached hydrogen (secondary N) is 1. The first-order valence-corrected chi connectivity index (χ1v) is 7.12. The Morgan fingerprint density at radius 3 is 2.67 bits per heavy atom. The zero-order valence-electron chi connectivity index (χ0n) is 11.4. The molecule has 1 fully saturated rings. The van der Waals surface area contributed by atoms with Crippen molar-refractivity contribution in [2.45, 2.75) is 50.8 Å². The van der Waals surface area contributed by atoms with Gasteiger partial charge in [0.05, 0.1) is 0 Å². The highest BCUT2D eigenvalue weighted by molar-refractivity contribution is 5.37. The van der Waals surface area contributed by atoms with E-state index in [1.165, 1.54) is 36.8 Å². The Kier molecular flexibility index (Phi) is 3.16. The first-order valence-electron chi connectivity index (χ1n) is 7.12. The topological polar surface area (TPSA) is 21.3 Å². The molecule has 1 heterocycles. The van der Waals surface area contributed by atoms with Gasteiger partial charge in [0.15, 0.2) is 0 Å². The van der Waals surface area contributed by atoms with Crippen LogP contribution in [0, 0.1) is 5.92 Å². The predicted molar refractivity (Wildman–Crippen MR) is 73.4 cm³/mol. The SMILES string of the molecule is COC1Cc2ccccc2C2(CCC(C)CC2)N1. The largest absolute Gasteiger partial charge is 0.366 e. The highest BCUT2D eigenvalue weighted by atomic mass is 16.5. The van der Waals surface area contributed by atoms with Gasteiger partial charge in [-0.3, -0.25) is 5.32 Å². The molecule has 98 valence electrons. The molecule has 1 aromatic carbocycles. The summed E-state index contributed by atoms with van der Waals surface area (Å²) >= 11 is 0. The smallest absolute Gasteiger partial charge is 0.112 e. The lowest BCUT2D eigenvalue weighted by atomic mass is 9.70. The van der Waals surface area contributed by atoms with Crippen LogP contribution in [0.5, 0.6) is 0 Å². The van der Waals surface area contributed by atoms with Gasteiger partial charge in [0, 0.05) is 19.1 Å². The summed E-state index contributed by atoms with van der Waals surface area (Å²) < 4.78 is 5.59. The van der Waals surface area contributed by atoms with Gasteiger partial charge in [-0.15, -0.1) is 0 Å². The van der Waals surface area contributed by atoms with E-state index in [2.05, 4.69) is 36.5 Å². The molecule has 0 saturated heterocycles. The minimum atomic E-state index is 0.169. The van der Waals surface area contributed by atoms with Crippen molar-refractivity contribution < 1.29 is 4.74 Å². The standard InChI is InChI=1S/C16H23NO/c1-12-7-9-16(10-8-12)14-6-4-3-5-13(14)11-15(17-16)18-2/h3-6,12,15,17H,7-11H2,1-2H3. The van der Waals surface area contributed by atoms with Crippen LogP contribution in [0.3, 0.4) is 0 Å². The van der Waals surface area contributed by atoms with Gasteiger partial charge in [-0.25, -0.2) is 0 Å². The summed E-state index contributed by atoms with van der Waals surface area (Å²) in [5.74, 6) is 0.868. The van der Waals surface area contributed by atoms with Crippen LogP contribution in [-0.2, 0) is 16.7 Å². The summed E-state index contributed by atoms with van der Waals surface area (Å²) in [6, 6.07) is 8.90. The minimum Gasteiger partial charge on any atom is -0.366 e. The maximum absolute atomic E-state index is 5.59. The fourth-order valence-electron chi connectivity index (χ4n) is 3.61. The first-order chi connectivity index (χ1) is 8.73. The Bertz CT molecular complexity index is 421. The molecule has 1 aromatic rings. The number of benzene rings is 1. The Hall–Kier alpha value is -0.860. The third-order valence-corrected chi connectivity index (χ3v) is 4.79. The van der Waals surface area contributed by atoms with Crippen LogP contribution in [0.15, 0.2) is 24.3 Å². The van der Waals surface area contributed by atoms with E-state index >= 15 is 0 Å². The van der Waals surface area contributed by atoms with Crippen LogP contribution in [0.4, 0.5) is 0 Å². The van der Waals surface area contributed by atoms with Crippen LogP contribution < -0.4 is 5.32 Å². The first kappa shape index (κ1) is 12.2. The van der Waals surface area contributed by atoms with Crippen LogP contribution >= 0.6 is 0 Å². The van der Waals surface area contributed by atoms with Crippen molar-refractivity contribution in [1.29, 1.82) is 0 Å². The van der Waals surface area contributed by atoms with E-state index in [1.54, 1.807) is 0 Å². The molecular weight excluding hydrogens is 222 g/mol. The minimum absolute atomic E-state index is 0.169. The van der Waals surface area contributed by atoms with Crippen molar-refractivity contribution in [2.75, 3.05) is 7.11 Å². The lowest BCUT2D eigenvalue weighted by Gasteiger charge is -2.47. The number of fused-ring (bicyclic) bond motifs is 2. The molecule has 0 amide bonds. The molecule has 18 heavy (non-hydrogen) atoms. The summed E-state index contributed by atoms with van der Waals surface area (Å²) in [4.78, 5) is 0. The van der Waals surface area contributed by atoms with E-state index in [-0.39, 0.29) is 11.8 Å². The quantitative estimate of drug-likeness (QED) is 0.820. The molecule has 1 unspecified atom stereocenters. The van der Waals surface area contributed by atoms with Crippen molar-refractivity contribution >= 4 is 0 Å². The molecule has 1 saturated carbocycles. The van der Waals surface area contributed by atoms with Gasteiger partial charge in [0.2, 0.25) is 0 Å². The van der Waals surface area contributed by atoms with Crippen molar-refractivity contribution in [1.82, 2.24) is 5.32 Å². The Labute approximate surface area is 110 Å². The number of hydrogen-bond acceptors (Lipinski definition) is 2. The predicted octanol–water partition coefficient (Wildman–Crippen LogP) is 3.21. The van der Waals surface area contributed by atoms with Crippen LogP contribution in [0.2, 0.25) is 0 Å². The van der Waals surface area contributed by atoms with Crippen LogP contribution in [0.25, 0.3) is 0 Å². The molecule has 1 aliphatic heterocycles. The molecule has 0 radical (unpaired) electrons. The molecule has 2 nitrogen and oxygen atoms in total. The van der Waals surface area contributed by atoms with Crippen molar-refractivity contribution in [3.63, 3.8) is 0 Å². The van der Waals surface area contributed by atoms with Gasteiger partial charge in [-0.05, 0) is 42.7 Å². The van der Waals surface area contributed by atoms with Gasteiger partial charge in [0.1, 0.15) is 6.23 Å². The van der Waals surface area contributed by atoms with E-state index in [1.807, 2.05) is 7.11 Å². The van der Waals surface area contributed by atoms with E-state index < -0.39 is 0 Å². The fourth-order valence-corrected chi connectivity index (χ4v) is 3.61. The molecule has 1 N–H and O–H groups in total. The average Bonchev–Trinajstić information content (AvgIpc) is 2.42. The number of ether oxygens (including phenoxy) is 1. The van der Waals surface area contributed by atoms with Gasteiger partial charge in [-0.1, -0.05) is 31.2 Å². The fraction of sp³-hybridized carbons (Fsp3) is 0.625. The lowest BCUT2D eigenvalue weighted by Crippen LogP contribution is -2.54. The zero-order valence-corrected chi connectivity index (χ0v) is 11.4. The van der Waals surface area contributed by atoms with Gasteiger partial charge >= 0.3 is 0 Å². The third-order valence-electron chi connectivity index (χ3n) is 4.79. The molecule has 3 rings (SSSR count). The number of methoxy groups -OCH3 is 1. The summed E-state index contributed by atoms with van der Waals surface area (Å²) in [6.07, 6.45) is 6.28. The molecule has 1 spiro atoms. The Morgan fingerprint density at radius 2 is 1.94 bits per heavy atom. The third kappa shape index (κ3) is 1.98. The maximum Gasteiger partial charge on any atom is 0.112 e. The Balaban J connectivity index is 1.98. The van der Waals surface area contributed by atoms with E-state index in [0.29, 0.717) is 0 Å². The summed E-state index contributed by atoms with van der Waals surface area (Å²) in [5.41, 5.74) is 3.16. The molecule has 2 aliphatic rings. The second kappa shape index (κ2) is 4.67. The average molecular weight is 245 g/mol. The molecular formula is C16H23NO. The van der Waals surface area contributed by atoms with Crippen LogP contribution in [-0.4, -0.2) is 13.3 Å². The summed E-state index contributed by atoms with van der Waals surface area (Å²) in [5, 5.41) is 3.77. The van der Waals surface area contributed by atoms with Crippen LogP contribution in [0.1, 0.15) is 43.7 Å². The van der Waals surface area contributed by atoms with Gasteiger partial charge < -0.3 is 4.74 Å². The zero-order chi connectivity index (χ0) is 12.6. The normalized spacial score (nSPS) is 35.4. The second-order valence-corrected chi connectivity index (χ2v) is 5.99.